The summed E-state index contributed by atoms with van der Waals surface area (Å²) in [5.41, 5.74) is 3.65. The fraction of sp³-hybridized carbons (Fsp3) is 0.381. The monoisotopic (exact) mass is 325 g/mol. The maximum Gasteiger partial charge on any atom is 0.228 e. The van der Waals surface area contributed by atoms with Crippen LogP contribution in [0.15, 0.2) is 42.5 Å². The zero-order valence-electron chi connectivity index (χ0n) is 14.7. The first-order valence-electron chi connectivity index (χ1n) is 8.44. The quantitative estimate of drug-likeness (QED) is 0.828. The predicted octanol–water partition coefficient (Wildman–Crippen LogP) is 5.17. The van der Waals surface area contributed by atoms with Crippen molar-refractivity contribution in [1.82, 2.24) is 0 Å². The number of benzene rings is 2. The van der Waals surface area contributed by atoms with Crippen LogP contribution in [-0.4, -0.2) is 5.91 Å². The highest BCUT2D eigenvalue weighted by molar-refractivity contribution is 5.96. The van der Waals surface area contributed by atoms with Crippen molar-refractivity contribution < 1.29 is 9.18 Å². The van der Waals surface area contributed by atoms with Gasteiger partial charge in [0.1, 0.15) is 5.82 Å². The molecular weight excluding hydrogens is 301 g/mol. The van der Waals surface area contributed by atoms with Gasteiger partial charge < -0.3 is 5.32 Å². The fourth-order valence-corrected chi connectivity index (χ4v) is 3.09. The van der Waals surface area contributed by atoms with Crippen LogP contribution >= 0.6 is 0 Å². The van der Waals surface area contributed by atoms with Gasteiger partial charge in [0.05, 0.1) is 5.69 Å². The fourth-order valence-electron chi connectivity index (χ4n) is 3.09. The molecular formula is C21H24FNO. The van der Waals surface area contributed by atoms with E-state index in [0.29, 0.717) is 5.69 Å². The Labute approximate surface area is 143 Å². The first kappa shape index (κ1) is 16.7. The Bertz CT molecular complexity index is 738. The molecule has 0 radical (unpaired) electrons. The molecule has 0 bridgehead atoms. The van der Waals surface area contributed by atoms with E-state index in [-0.39, 0.29) is 29.0 Å². The number of rotatable bonds is 3. The van der Waals surface area contributed by atoms with Crippen LogP contribution in [0.25, 0.3) is 0 Å². The molecule has 1 fully saturated rings. The molecule has 1 saturated carbocycles. The van der Waals surface area contributed by atoms with Gasteiger partial charge in [0.25, 0.3) is 0 Å². The average Bonchev–Trinajstić information content (AvgIpc) is 3.31. The lowest BCUT2D eigenvalue weighted by atomic mass is 9.86. The number of amides is 1. The van der Waals surface area contributed by atoms with E-state index >= 15 is 0 Å². The standard InChI is InChI=1S/C21H24FNO/c1-13-6-5-7-18(22)19(13)23-20(24)17-12-16(17)14-8-10-15(11-9-14)21(2,3)4/h5-11,16-17H,12H2,1-4H3,(H,23,24). The second kappa shape index (κ2) is 6.04. The zero-order valence-corrected chi connectivity index (χ0v) is 14.7. The van der Waals surface area contributed by atoms with Crippen molar-refractivity contribution in [2.75, 3.05) is 5.32 Å². The molecule has 3 rings (SSSR count). The third kappa shape index (κ3) is 3.35. The number of hydrogen-bond acceptors (Lipinski definition) is 1. The van der Waals surface area contributed by atoms with Crippen LogP contribution in [0, 0.1) is 18.7 Å². The highest BCUT2D eigenvalue weighted by Crippen LogP contribution is 2.48. The van der Waals surface area contributed by atoms with Crippen LogP contribution in [0.5, 0.6) is 0 Å². The summed E-state index contributed by atoms with van der Waals surface area (Å²) in [6.45, 7) is 8.36. The number of anilines is 1. The first-order chi connectivity index (χ1) is 11.3. The van der Waals surface area contributed by atoms with Crippen molar-refractivity contribution in [3.8, 4) is 0 Å². The lowest BCUT2D eigenvalue weighted by molar-refractivity contribution is -0.117. The molecule has 2 atom stereocenters. The van der Waals surface area contributed by atoms with Crippen molar-refractivity contribution >= 4 is 11.6 Å². The Balaban J connectivity index is 1.68. The summed E-state index contributed by atoms with van der Waals surface area (Å²) in [7, 11) is 0. The van der Waals surface area contributed by atoms with Gasteiger partial charge in [-0.3, -0.25) is 4.79 Å². The Morgan fingerprint density at radius 1 is 1.12 bits per heavy atom. The minimum Gasteiger partial charge on any atom is -0.323 e. The molecule has 1 amide bonds. The largest absolute Gasteiger partial charge is 0.323 e. The minimum absolute atomic E-state index is 0.0653. The van der Waals surface area contributed by atoms with Gasteiger partial charge in [-0.15, -0.1) is 0 Å². The third-order valence-electron chi connectivity index (χ3n) is 4.80. The van der Waals surface area contributed by atoms with E-state index in [9.17, 15) is 9.18 Å². The number of aryl methyl sites for hydroxylation is 1. The van der Waals surface area contributed by atoms with Gasteiger partial charge in [-0.25, -0.2) is 4.39 Å². The molecule has 0 saturated heterocycles. The number of para-hydroxylation sites is 1. The summed E-state index contributed by atoms with van der Waals surface area (Å²) < 4.78 is 13.9. The summed E-state index contributed by atoms with van der Waals surface area (Å²) in [6, 6.07) is 13.3. The first-order valence-corrected chi connectivity index (χ1v) is 8.44. The summed E-state index contributed by atoms with van der Waals surface area (Å²) >= 11 is 0. The predicted molar refractivity (Wildman–Crippen MR) is 95.8 cm³/mol. The molecule has 2 aromatic carbocycles. The third-order valence-corrected chi connectivity index (χ3v) is 4.80. The van der Waals surface area contributed by atoms with Crippen molar-refractivity contribution in [2.24, 2.45) is 5.92 Å². The molecule has 2 unspecified atom stereocenters. The van der Waals surface area contributed by atoms with Crippen LogP contribution < -0.4 is 5.32 Å². The van der Waals surface area contributed by atoms with Gasteiger partial charge in [0.15, 0.2) is 0 Å². The van der Waals surface area contributed by atoms with E-state index in [0.717, 1.165) is 12.0 Å². The van der Waals surface area contributed by atoms with Crippen LogP contribution in [0.3, 0.4) is 0 Å². The Kier molecular flexibility index (Phi) is 4.20. The van der Waals surface area contributed by atoms with E-state index in [1.54, 1.807) is 19.1 Å². The summed E-state index contributed by atoms with van der Waals surface area (Å²) in [6.07, 6.45) is 0.828. The summed E-state index contributed by atoms with van der Waals surface area (Å²) in [5.74, 6) is -0.293. The van der Waals surface area contributed by atoms with Gasteiger partial charge in [-0.1, -0.05) is 57.2 Å². The van der Waals surface area contributed by atoms with Crippen LogP contribution in [-0.2, 0) is 10.2 Å². The van der Waals surface area contributed by atoms with E-state index in [4.69, 9.17) is 0 Å². The van der Waals surface area contributed by atoms with Gasteiger partial charge in [-0.2, -0.15) is 0 Å². The minimum atomic E-state index is -0.380. The number of halogens is 1. The van der Waals surface area contributed by atoms with Crippen molar-refractivity contribution in [3.05, 3.63) is 65.0 Å². The second-order valence-electron chi connectivity index (χ2n) is 7.74. The van der Waals surface area contributed by atoms with E-state index < -0.39 is 0 Å². The number of carbonyl (C=O) groups is 1. The van der Waals surface area contributed by atoms with Gasteiger partial charge in [-0.05, 0) is 47.4 Å². The van der Waals surface area contributed by atoms with Crippen molar-refractivity contribution in [1.29, 1.82) is 0 Å². The molecule has 2 nitrogen and oxygen atoms in total. The normalized spacial score (nSPS) is 19.9. The van der Waals surface area contributed by atoms with Gasteiger partial charge in [0, 0.05) is 5.92 Å². The molecule has 126 valence electrons. The molecule has 1 aliphatic rings. The average molecular weight is 325 g/mol. The maximum absolute atomic E-state index is 13.9. The SMILES string of the molecule is Cc1cccc(F)c1NC(=O)C1CC1c1ccc(C(C)(C)C)cc1. The Morgan fingerprint density at radius 3 is 2.38 bits per heavy atom. The number of nitrogens with one attached hydrogen (secondary N) is 1. The second-order valence-corrected chi connectivity index (χ2v) is 7.74. The van der Waals surface area contributed by atoms with Crippen LogP contribution in [0.4, 0.5) is 10.1 Å². The molecule has 24 heavy (non-hydrogen) atoms. The smallest absolute Gasteiger partial charge is 0.228 e. The molecule has 1 N–H and O–H groups in total. The maximum atomic E-state index is 13.9. The molecule has 2 aromatic rings. The lowest BCUT2D eigenvalue weighted by Gasteiger charge is -2.19. The molecule has 0 aliphatic heterocycles. The molecule has 0 spiro atoms. The van der Waals surface area contributed by atoms with E-state index in [1.165, 1.54) is 17.2 Å². The zero-order chi connectivity index (χ0) is 17.5. The summed E-state index contributed by atoms with van der Waals surface area (Å²) in [5, 5.41) is 2.76. The van der Waals surface area contributed by atoms with Crippen LogP contribution in [0.2, 0.25) is 0 Å². The summed E-state index contributed by atoms with van der Waals surface area (Å²) in [4.78, 5) is 12.4. The van der Waals surface area contributed by atoms with E-state index in [1.807, 2.05) is 0 Å². The Morgan fingerprint density at radius 2 is 1.79 bits per heavy atom. The number of hydrogen-bond donors (Lipinski definition) is 1. The molecule has 1 aliphatic carbocycles. The van der Waals surface area contributed by atoms with Gasteiger partial charge >= 0.3 is 0 Å². The lowest BCUT2D eigenvalue weighted by Crippen LogP contribution is -2.16. The topological polar surface area (TPSA) is 29.1 Å². The van der Waals surface area contributed by atoms with E-state index in [2.05, 4.69) is 50.4 Å². The highest BCUT2D eigenvalue weighted by atomic mass is 19.1. The van der Waals surface area contributed by atoms with Crippen LogP contribution in [0.1, 0.15) is 49.8 Å². The van der Waals surface area contributed by atoms with Crippen molar-refractivity contribution in [3.63, 3.8) is 0 Å². The van der Waals surface area contributed by atoms with Crippen molar-refractivity contribution in [2.45, 2.75) is 45.4 Å². The number of carbonyl (C=O) groups excluding carboxylic acids is 1. The highest BCUT2D eigenvalue weighted by Gasteiger charge is 2.44. The molecule has 0 heterocycles. The van der Waals surface area contributed by atoms with Gasteiger partial charge in [0.2, 0.25) is 5.91 Å². The molecule has 3 heteroatoms. The molecule has 0 aromatic heterocycles. The Hall–Kier alpha value is -2.16.